The monoisotopic (exact) mass is 292 g/mol. The van der Waals surface area contributed by atoms with Crippen molar-refractivity contribution in [3.05, 3.63) is 41.2 Å². The topological polar surface area (TPSA) is 60.9 Å². The quantitative estimate of drug-likeness (QED) is 0.853. The summed E-state index contributed by atoms with van der Waals surface area (Å²) in [7, 11) is 1.97. The van der Waals surface area contributed by atoms with Crippen molar-refractivity contribution in [1.82, 2.24) is 9.80 Å². The van der Waals surface area contributed by atoms with Crippen molar-refractivity contribution in [2.45, 2.75) is 0 Å². The molecule has 1 heterocycles. The second-order valence-electron chi connectivity index (χ2n) is 5.01. The molecule has 112 valence electrons. The minimum Gasteiger partial charge on any atom is -0.478 e. The van der Waals surface area contributed by atoms with Crippen molar-refractivity contribution in [1.29, 1.82) is 0 Å². The fourth-order valence-corrected chi connectivity index (χ4v) is 2.16. The average molecular weight is 292 g/mol. The van der Waals surface area contributed by atoms with Gasteiger partial charge < -0.3 is 14.9 Å². The van der Waals surface area contributed by atoms with Crippen LogP contribution >= 0.6 is 0 Å². The van der Waals surface area contributed by atoms with Crippen molar-refractivity contribution in [3.63, 3.8) is 0 Å². The minimum atomic E-state index is -1.09. The van der Waals surface area contributed by atoms with Crippen LogP contribution in [-0.2, 0) is 4.79 Å². The summed E-state index contributed by atoms with van der Waals surface area (Å²) in [6, 6.07) is 4.01. The Balaban J connectivity index is 2.20. The van der Waals surface area contributed by atoms with Crippen LogP contribution in [-0.4, -0.2) is 60.0 Å². The van der Waals surface area contributed by atoms with Gasteiger partial charge in [0.15, 0.2) is 0 Å². The molecule has 2 rings (SSSR count). The highest BCUT2D eigenvalue weighted by Crippen LogP contribution is 2.15. The Bertz CT molecular complexity index is 578. The maximum atomic E-state index is 13.9. The van der Waals surface area contributed by atoms with Crippen molar-refractivity contribution < 1.29 is 19.1 Å². The molecule has 1 aromatic rings. The van der Waals surface area contributed by atoms with E-state index in [1.807, 2.05) is 7.05 Å². The molecule has 5 nitrogen and oxygen atoms in total. The number of hydrogen-bond donors (Lipinski definition) is 1. The molecule has 0 saturated carbocycles. The summed E-state index contributed by atoms with van der Waals surface area (Å²) in [5.41, 5.74) is 0.461. The van der Waals surface area contributed by atoms with Gasteiger partial charge in [0.05, 0.1) is 5.56 Å². The van der Waals surface area contributed by atoms with Crippen LogP contribution in [0, 0.1) is 5.82 Å². The molecule has 1 aliphatic rings. The largest absolute Gasteiger partial charge is 0.478 e. The number of carbonyl (C=O) groups is 2. The van der Waals surface area contributed by atoms with Crippen LogP contribution < -0.4 is 0 Å². The van der Waals surface area contributed by atoms with E-state index >= 15 is 0 Å². The van der Waals surface area contributed by atoms with Gasteiger partial charge in [-0.3, -0.25) is 4.79 Å². The first-order valence-electron chi connectivity index (χ1n) is 6.66. The van der Waals surface area contributed by atoms with Crippen molar-refractivity contribution in [3.8, 4) is 0 Å². The van der Waals surface area contributed by atoms with Gasteiger partial charge in [0.25, 0.3) is 5.91 Å². The number of nitrogens with zero attached hydrogens (tertiary/aromatic N) is 2. The van der Waals surface area contributed by atoms with Gasteiger partial charge in [0, 0.05) is 32.3 Å². The predicted molar refractivity (Wildman–Crippen MR) is 76.5 cm³/mol. The van der Waals surface area contributed by atoms with Crippen LogP contribution in [0.15, 0.2) is 24.3 Å². The molecule has 21 heavy (non-hydrogen) atoms. The molecule has 1 fully saturated rings. The molecule has 0 spiro atoms. The average Bonchev–Trinajstić information content (AvgIpc) is 2.46. The number of benzene rings is 1. The fourth-order valence-electron chi connectivity index (χ4n) is 2.16. The molecule has 1 aromatic carbocycles. The Morgan fingerprint density at radius 2 is 1.90 bits per heavy atom. The Morgan fingerprint density at radius 1 is 1.24 bits per heavy atom. The van der Waals surface area contributed by atoms with E-state index in [4.69, 9.17) is 5.11 Å². The van der Waals surface area contributed by atoms with Gasteiger partial charge in [-0.05, 0) is 30.8 Å². The standard InChI is InChI=1S/C15H17FN2O3/c1-17-6-8-18(9-7-17)15(21)12-10-11(2-4-13(12)16)3-5-14(19)20/h2-5,10H,6-9H2,1H3,(H,19,20). The number of piperazine rings is 1. The fraction of sp³-hybridized carbons (Fsp3) is 0.333. The lowest BCUT2D eigenvalue weighted by atomic mass is 10.1. The zero-order valence-electron chi connectivity index (χ0n) is 11.8. The van der Waals surface area contributed by atoms with E-state index in [9.17, 15) is 14.0 Å². The summed E-state index contributed by atoms with van der Waals surface area (Å²) in [6.07, 6.45) is 2.29. The number of hydrogen-bond acceptors (Lipinski definition) is 3. The number of aliphatic carboxylic acids is 1. The van der Waals surface area contributed by atoms with E-state index in [1.165, 1.54) is 24.3 Å². The van der Waals surface area contributed by atoms with Crippen LogP contribution in [0.1, 0.15) is 15.9 Å². The molecular weight excluding hydrogens is 275 g/mol. The molecule has 1 amide bonds. The lowest BCUT2D eigenvalue weighted by Crippen LogP contribution is -2.47. The smallest absolute Gasteiger partial charge is 0.328 e. The molecule has 0 bridgehead atoms. The number of halogens is 1. The van der Waals surface area contributed by atoms with Crippen molar-refractivity contribution in [2.75, 3.05) is 33.2 Å². The Labute approximate surface area is 122 Å². The van der Waals surface area contributed by atoms with Crippen LogP contribution in [0.2, 0.25) is 0 Å². The molecule has 1 N–H and O–H groups in total. The first kappa shape index (κ1) is 15.2. The summed E-state index contributed by atoms with van der Waals surface area (Å²) < 4.78 is 13.9. The van der Waals surface area contributed by atoms with Gasteiger partial charge in [0.1, 0.15) is 5.82 Å². The van der Waals surface area contributed by atoms with E-state index in [-0.39, 0.29) is 11.5 Å². The maximum absolute atomic E-state index is 13.9. The number of rotatable bonds is 3. The third-order valence-electron chi connectivity index (χ3n) is 3.43. The zero-order chi connectivity index (χ0) is 15.4. The number of carboxylic acid groups (broad SMARTS) is 1. The molecule has 0 radical (unpaired) electrons. The number of amides is 1. The predicted octanol–water partition coefficient (Wildman–Crippen LogP) is 1.31. The van der Waals surface area contributed by atoms with Crippen molar-refractivity contribution >= 4 is 18.0 Å². The van der Waals surface area contributed by atoms with E-state index in [1.54, 1.807) is 4.90 Å². The lowest BCUT2D eigenvalue weighted by molar-refractivity contribution is -0.131. The normalized spacial score (nSPS) is 16.4. The third-order valence-corrected chi connectivity index (χ3v) is 3.43. The van der Waals surface area contributed by atoms with E-state index < -0.39 is 11.8 Å². The van der Waals surface area contributed by atoms with Crippen LogP contribution in [0.25, 0.3) is 6.08 Å². The highest BCUT2D eigenvalue weighted by Gasteiger charge is 2.22. The number of carbonyl (C=O) groups excluding carboxylic acids is 1. The van der Waals surface area contributed by atoms with Gasteiger partial charge in [-0.2, -0.15) is 0 Å². The summed E-state index contributed by atoms with van der Waals surface area (Å²) in [4.78, 5) is 26.6. The molecule has 0 aliphatic carbocycles. The number of carboxylic acids is 1. The lowest BCUT2D eigenvalue weighted by Gasteiger charge is -2.32. The minimum absolute atomic E-state index is 0.0212. The molecule has 0 aromatic heterocycles. The molecular formula is C15H17FN2O3. The van der Waals surface area contributed by atoms with Gasteiger partial charge in [0.2, 0.25) is 0 Å². The van der Waals surface area contributed by atoms with Gasteiger partial charge in [-0.25, -0.2) is 9.18 Å². The van der Waals surface area contributed by atoms with Gasteiger partial charge >= 0.3 is 5.97 Å². The Hall–Kier alpha value is -2.21. The molecule has 1 saturated heterocycles. The first-order valence-corrected chi connectivity index (χ1v) is 6.66. The van der Waals surface area contributed by atoms with Crippen LogP contribution in [0.5, 0.6) is 0 Å². The van der Waals surface area contributed by atoms with Crippen LogP contribution in [0.4, 0.5) is 4.39 Å². The summed E-state index contributed by atoms with van der Waals surface area (Å²) >= 11 is 0. The SMILES string of the molecule is CN1CCN(C(=O)c2cc(C=CC(=O)O)ccc2F)CC1. The Kier molecular flexibility index (Phi) is 4.70. The van der Waals surface area contributed by atoms with E-state index in [2.05, 4.69) is 4.90 Å². The van der Waals surface area contributed by atoms with Crippen molar-refractivity contribution in [2.24, 2.45) is 0 Å². The molecule has 0 unspecified atom stereocenters. The highest BCUT2D eigenvalue weighted by atomic mass is 19.1. The first-order chi connectivity index (χ1) is 9.97. The molecule has 1 aliphatic heterocycles. The second kappa shape index (κ2) is 6.49. The summed E-state index contributed by atoms with van der Waals surface area (Å²) in [6.45, 7) is 2.63. The van der Waals surface area contributed by atoms with Gasteiger partial charge in [-0.15, -0.1) is 0 Å². The van der Waals surface area contributed by atoms with Gasteiger partial charge in [-0.1, -0.05) is 6.07 Å². The summed E-state index contributed by atoms with van der Waals surface area (Å²) in [5.74, 6) is -2.04. The summed E-state index contributed by atoms with van der Waals surface area (Å²) in [5, 5.41) is 8.60. The number of likely N-dealkylation sites (N-methyl/N-ethyl adjacent to an activating group) is 1. The zero-order valence-corrected chi connectivity index (χ0v) is 11.8. The highest BCUT2D eigenvalue weighted by molar-refractivity contribution is 5.95. The second-order valence-corrected chi connectivity index (χ2v) is 5.01. The third kappa shape index (κ3) is 3.88. The Morgan fingerprint density at radius 3 is 2.52 bits per heavy atom. The van der Waals surface area contributed by atoms with Crippen LogP contribution in [0.3, 0.4) is 0 Å². The van der Waals surface area contributed by atoms with E-state index in [0.29, 0.717) is 18.7 Å². The molecule has 6 heteroatoms. The maximum Gasteiger partial charge on any atom is 0.328 e. The molecule has 0 atom stereocenters. The van der Waals surface area contributed by atoms with E-state index in [0.717, 1.165) is 19.2 Å².